The van der Waals surface area contributed by atoms with Gasteiger partial charge in [-0.2, -0.15) is 9.13 Å². The van der Waals surface area contributed by atoms with Crippen LogP contribution >= 0.6 is 23.2 Å². The lowest BCUT2D eigenvalue weighted by molar-refractivity contribution is -0.662. The molecule has 6 bridgehead atoms. The minimum Gasteiger partial charge on any atom is -0.384 e. The Morgan fingerprint density at radius 3 is 1.46 bits per heavy atom. The molecule has 0 amide bonds. The molecule has 6 heteroatoms. The van der Waals surface area contributed by atoms with E-state index in [9.17, 15) is 0 Å². The van der Waals surface area contributed by atoms with E-state index in [1.54, 1.807) is 0 Å². The number of hydrogen-bond donors (Lipinski definition) is 2. The molecule has 5 aromatic rings. The fourth-order valence-electron chi connectivity index (χ4n) is 5.21. The topological polar surface area (TPSA) is 31.8 Å². The molecule has 186 valence electrons. The van der Waals surface area contributed by atoms with Crippen molar-refractivity contribution in [2.24, 2.45) is 0 Å². The van der Waals surface area contributed by atoms with Gasteiger partial charge in [0.2, 0.25) is 11.0 Å². The van der Waals surface area contributed by atoms with Gasteiger partial charge in [-0.3, -0.25) is 0 Å². The summed E-state index contributed by atoms with van der Waals surface area (Å²) in [5.41, 5.74) is 7.08. The van der Waals surface area contributed by atoms with Crippen molar-refractivity contribution in [3.8, 4) is 0 Å². The van der Waals surface area contributed by atoms with E-state index >= 15 is 0 Å². The van der Waals surface area contributed by atoms with Gasteiger partial charge < -0.3 is 10.6 Å². The summed E-state index contributed by atoms with van der Waals surface area (Å²) in [5, 5.41) is 11.2. The zero-order valence-electron chi connectivity index (χ0n) is 20.7. The van der Waals surface area contributed by atoms with Crippen LogP contribution in [0.4, 0.5) is 11.4 Å². The van der Waals surface area contributed by atoms with Crippen LogP contribution in [-0.4, -0.2) is 13.1 Å². The Labute approximate surface area is 227 Å². The molecule has 0 atom stereocenters. The van der Waals surface area contributed by atoms with E-state index < -0.39 is 0 Å². The van der Waals surface area contributed by atoms with Crippen molar-refractivity contribution in [2.45, 2.75) is 32.4 Å². The van der Waals surface area contributed by atoms with Crippen LogP contribution in [0.2, 0.25) is 10.0 Å². The Balaban J connectivity index is 1.38. The maximum Gasteiger partial charge on any atom is 0.216 e. The van der Waals surface area contributed by atoms with Gasteiger partial charge in [0, 0.05) is 58.5 Å². The maximum atomic E-state index is 6.41. The Morgan fingerprint density at radius 1 is 0.541 bits per heavy atom. The molecule has 2 N–H and O–H groups in total. The summed E-state index contributed by atoms with van der Waals surface area (Å²) in [5.74, 6) is 0. The number of rotatable bonds is 0. The summed E-state index contributed by atoms with van der Waals surface area (Å²) in [4.78, 5) is 0. The summed E-state index contributed by atoms with van der Waals surface area (Å²) < 4.78 is 4.55. The van der Waals surface area contributed by atoms with Gasteiger partial charge in [-0.15, -0.1) is 0 Å². The Morgan fingerprint density at radius 2 is 1.00 bits per heavy atom. The van der Waals surface area contributed by atoms with Crippen molar-refractivity contribution in [1.29, 1.82) is 0 Å². The van der Waals surface area contributed by atoms with Crippen LogP contribution in [0.1, 0.15) is 30.4 Å². The fourth-order valence-corrected chi connectivity index (χ4v) is 5.54. The number of benzene rings is 3. The van der Waals surface area contributed by atoms with Crippen molar-refractivity contribution < 1.29 is 9.13 Å². The number of hydrogen-bond acceptors (Lipinski definition) is 2. The quantitative estimate of drug-likeness (QED) is 0.212. The second kappa shape index (κ2) is 10.6. The number of nitrogens with zero attached hydrogens (tertiary/aromatic N) is 2. The van der Waals surface area contributed by atoms with Gasteiger partial charge in [-0.1, -0.05) is 47.5 Å². The lowest BCUT2D eigenvalue weighted by Crippen LogP contribution is -2.35. The van der Waals surface area contributed by atoms with Crippen molar-refractivity contribution >= 4 is 56.4 Å². The van der Waals surface area contributed by atoms with Gasteiger partial charge in [0.25, 0.3) is 0 Å². The van der Waals surface area contributed by atoms with Crippen molar-refractivity contribution in [1.82, 2.24) is 0 Å². The smallest absolute Gasteiger partial charge is 0.216 e. The van der Waals surface area contributed by atoms with Crippen LogP contribution in [0, 0.1) is 0 Å². The number of nitrogens with one attached hydrogen (secondary N) is 2. The summed E-state index contributed by atoms with van der Waals surface area (Å²) in [6.07, 6.45) is 7.70. The molecule has 3 aliphatic rings. The van der Waals surface area contributed by atoms with Crippen LogP contribution in [0.25, 0.3) is 21.8 Å². The normalized spacial score (nSPS) is 14.4. The SMILES string of the molecule is Clc1ccc2c3cc[n+](c2c1)Cc1ccc(cc1)C[n+]1ccc(c2ccc(Cl)cc21)NCCCCCN3. The van der Waals surface area contributed by atoms with Crippen molar-refractivity contribution in [3.05, 3.63) is 106 Å². The third-order valence-electron chi connectivity index (χ3n) is 7.17. The Hall–Kier alpha value is -3.34. The predicted molar refractivity (Wildman–Crippen MR) is 154 cm³/mol. The highest BCUT2D eigenvalue weighted by atomic mass is 35.5. The molecule has 0 saturated heterocycles. The van der Waals surface area contributed by atoms with E-state index in [2.05, 4.69) is 92.8 Å². The minimum atomic E-state index is 0.752. The zero-order valence-corrected chi connectivity index (χ0v) is 22.2. The molecule has 0 saturated carbocycles. The molecule has 4 nitrogen and oxygen atoms in total. The van der Waals surface area contributed by atoms with E-state index in [1.807, 2.05) is 12.1 Å². The predicted octanol–water partition coefficient (Wildman–Crippen LogP) is 6.98. The third-order valence-corrected chi connectivity index (χ3v) is 7.64. The molecule has 3 aliphatic heterocycles. The third kappa shape index (κ3) is 5.22. The fraction of sp³-hybridized carbons (Fsp3) is 0.226. The molecular formula is C31H30Cl2N4+2. The molecule has 2 aromatic heterocycles. The minimum absolute atomic E-state index is 0.752. The molecule has 8 rings (SSSR count). The number of anilines is 2. The van der Waals surface area contributed by atoms with Crippen LogP contribution in [0.3, 0.4) is 0 Å². The molecule has 0 unspecified atom stereocenters. The highest BCUT2D eigenvalue weighted by molar-refractivity contribution is 6.31. The van der Waals surface area contributed by atoms with Crippen molar-refractivity contribution in [3.63, 3.8) is 0 Å². The van der Waals surface area contributed by atoms with E-state index in [0.717, 1.165) is 77.9 Å². The first-order chi connectivity index (χ1) is 18.1. The number of pyridine rings is 2. The molecular weight excluding hydrogens is 499 g/mol. The summed E-state index contributed by atoms with van der Waals surface area (Å²) >= 11 is 12.8. The number of halogens is 2. The van der Waals surface area contributed by atoms with Crippen LogP contribution in [-0.2, 0) is 13.1 Å². The molecule has 0 spiro atoms. The second-order valence-corrected chi connectivity index (χ2v) is 10.6. The summed E-state index contributed by atoms with van der Waals surface area (Å²) in [6, 6.07) is 25.6. The highest BCUT2D eigenvalue weighted by Gasteiger charge is 2.16. The van der Waals surface area contributed by atoms with Crippen LogP contribution in [0.5, 0.6) is 0 Å². The highest BCUT2D eigenvalue weighted by Crippen LogP contribution is 2.26. The Kier molecular flexibility index (Phi) is 6.86. The first-order valence-electron chi connectivity index (χ1n) is 12.9. The largest absolute Gasteiger partial charge is 0.384 e. The van der Waals surface area contributed by atoms with E-state index in [1.165, 1.54) is 21.9 Å². The number of fused-ring (bicyclic) bond motifs is 2. The van der Waals surface area contributed by atoms with Gasteiger partial charge in [-0.25, -0.2) is 0 Å². The van der Waals surface area contributed by atoms with Gasteiger partial charge in [0.15, 0.2) is 25.5 Å². The van der Waals surface area contributed by atoms with Gasteiger partial charge in [-0.05, 0) is 43.5 Å². The lowest BCUT2D eigenvalue weighted by atomic mass is 10.1. The lowest BCUT2D eigenvalue weighted by Gasteiger charge is -2.11. The standard InChI is InChI=1S/C31H28Cl2N4/c32-24-8-10-26-28-12-16-36(30(26)18-24)20-22-4-6-23(7-5-22)21-37-17-13-29(35-15-3-1-2-14-34-28)27-11-9-25(33)19-31(27)37/h4-13,16-19H,1-3,14-15,20-21H2/p+2. The molecule has 0 fully saturated rings. The van der Waals surface area contributed by atoms with Crippen LogP contribution in [0.15, 0.2) is 85.2 Å². The van der Waals surface area contributed by atoms with Gasteiger partial charge in [0.1, 0.15) is 0 Å². The van der Waals surface area contributed by atoms with Crippen molar-refractivity contribution in [2.75, 3.05) is 23.7 Å². The summed E-state index contributed by atoms with van der Waals surface area (Å²) in [6.45, 7) is 3.44. The van der Waals surface area contributed by atoms with Crippen LogP contribution < -0.4 is 19.8 Å². The maximum absolute atomic E-state index is 6.41. The average molecular weight is 530 g/mol. The molecule has 0 radical (unpaired) electrons. The second-order valence-electron chi connectivity index (χ2n) is 9.77. The van der Waals surface area contributed by atoms with E-state index in [4.69, 9.17) is 23.2 Å². The first kappa shape index (κ1) is 24.0. The summed E-state index contributed by atoms with van der Waals surface area (Å²) in [7, 11) is 0. The number of aromatic nitrogens is 2. The van der Waals surface area contributed by atoms with Gasteiger partial charge in [0.05, 0.1) is 22.1 Å². The average Bonchev–Trinajstić information content (AvgIpc) is 2.90. The van der Waals surface area contributed by atoms with Gasteiger partial charge >= 0.3 is 0 Å². The van der Waals surface area contributed by atoms with E-state index in [-0.39, 0.29) is 0 Å². The molecule has 3 aromatic carbocycles. The first-order valence-corrected chi connectivity index (χ1v) is 13.7. The molecule has 37 heavy (non-hydrogen) atoms. The van der Waals surface area contributed by atoms with E-state index in [0.29, 0.717) is 0 Å². The zero-order chi connectivity index (χ0) is 25.2. The Bertz CT molecular complexity index is 1460. The monoisotopic (exact) mass is 528 g/mol. The molecule has 5 heterocycles. The molecule has 0 aliphatic carbocycles.